The van der Waals surface area contributed by atoms with Gasteiger partial charge in [-0.3, -0.25) is 9.69 Å². The van der Waals surface area contributed by atoms with E-state index in [0.29, 0.717) is 27.2 Å². The third-order valence-electron chi connectivity index (χ3n) is 5.60. The number of nitrogens with zero attached hydrogens (tertiary/aromatic N) is 3. The molecule has 0 atom stereocenters. The fourth-order valence-corrected chi connectivity index (χ4v) is 5.08. The van der Waals surface area contributed by atoms with Crippen LogP contribution in [0.5, 0.6) is 0 Å². The van der Waals surface area contributed by atoms with Crippen LogP contribution in [0.1, 0.15) is 41.0 Å². The highest BCUT2D eigenvalue weighted by Crippen LogP contribution is 2.30. The van der Waals surface area contributed by atoms with Gasteiger partial charge in [0.2, 0.25) is 0 Å². The molecule has 0 N–H and O–H groups in total. The van der Waals surface area contributed by atoms with E-state index in [9.17, 15) is 13.6 Å². The minimum absolute atomic E-state index is 0.00935. The first kappa shape index (κ1) is 18.5. The molecular formula is C20H23F2N3OS. The first-order valence-electron chi connectivity index (χ1n) is 9.49. The fraction of sp³-hybridized carbons (Fsp3) is 0.500. The van der Waals surface area contributed by atoms with Crippen molar-refractivity contribution in [3.05, 3.63) is 40.4 Å². The van der Waals surface area contributed by atoms with E-state index in [2.05, 4.69) is 9.88 Å². The third kappa shape index (κ3) is 3.75. The number of aromatic nitrogens is 1. The minimum atomic E-state index is -0.906. The summed E-state index contributed by atoms with van der Waals surface area (Å²) in [6, 6.07) is 4.39. The molecule has 1 saturated heterocycles. The van der Waals surface area contributed by atoms with Crippen LogP contribution >= 0.6 is 11.3 Å². The molecule has 0 radical (unpaired) electrons. The highest BCUT2D eigenvalue weighted by atomic mass is 32.1. The van der Waals surface area contributed by atoms with Gasteiger partial charge in [0, 0.05) is 37.8 Å². The van der Waals surface area contributed by atoms with Crippen molar-refractivity contribution in [2.45, 2.75) is 38.6 Å². The lowest BCUT2D eigenvalue weighted by Crippen LogP contribution is -2.51. The molecule has 7 heteroatoms. The molecule has 1 aliphatic carbocycles. The van der Waals surface area contributed by atoms with Crippen molar-refractivity contribution in [1.82, 2.24) is 14.8 Å². The lowest BCUT2D eigenvalue weighted by atomic mass is 10.1. The van der Waals surface area contributed by atoms with Crippen molar-refractivity contribution in [2.24, 2.45) is 0 Å². The van der Waals surface area contributed by atoms with Gasteiger partial charge in [0.15, 0.2) is 11.6 Å². The number of carbonyl (C=O) groups excluding carboxylic acids is 1. The second-order valence-electron chi connectivity index (χ2n) is 7.33. The zero-order valence-electron chi connectivity index (χ0n) is 15.4. The van der Waals surface area contributed by atoms with Crippen molar-refractivity contribution < 1.29 is 13.6 Å². The molecule has 2 aromatic rings. The van der Waals surface area contributed by atoms with Gasteiger partial charge in [0.05, 0.1) is 5.69 Å². The molecule has 0 unspecified atom stereocenters. The molecule has 1 aromatic heterocycles. The third-order valence-corrected chi connectivity index (χ3v) is 6.79. The number of aryl methyl sites for hydroxylation is 1. The zero-order valence-corrected chi connectivity index (χ0v) is 16.2. The van der Waals surface area contributed by atoms with Crippen LogP contribution in [-0.4, -0.2) is 52.9 Å². The summed E-state index contributed by atoms with van der Waals surface area (Å²) in [7, 11) is 0. The summed E-state index contributed by atoms with van der Waals surface area (Å²) in [5, 5.41) is 0.541. The van der Waals surface area contributed by atoms with Crippen molar-refractivity contribution >= 4 is 17.2 Å². The van der Waals surface area contributed by atoms with Crippen LogP contribution in [0.3, 0.4) is 0 Å². The number of thiazole rings is 1. The van der Waals surface area contributed by atoms with Crippen molar-refractivity contribution in [3.63, 3.8) is 0 Å². The monoisotopic (exact) mass is 391 g/mol. The summed E-state index contributed by atoms with van der Waals surface area (Å²) >= 11 is 1.25. The molecule has 0 bridgehead atoms. The molecule has 1 amide bonds. The average Bonchev–Trinajstić information content (AvgIpc) is 3.33. The number of carbonyl (C=O) groups is 1. The largest absolute Gasteiger partial charge is 0.335 e. The molecule has 2 aliphatic rings. The molecule has 1 aliphatic heterocycles. The van der Waals surface area contributed by atoms with Crippen LogP contribution in [0.4, 0.5) is 8.78 Å². The van der Waals surface area contributed by atoms with Gasteiger partial charge in [-0.05, 0) is 38.0 Å². The van der Waals surface area contributed by atoms with Gasteiger partial charge in [-0.15, -0.1) is 11.3 Å². The average molecular weight is 391 g/mol. The summed E-state index contributed by atoms with van der Waals surface area (Å²) < 4.78 is 26.7. The topological polar surface area (TPSA) is 36.4 Å². The maximum absolute atomic E-state index is 13.5. The number of hydrogen-bond donors (Lipinski definition) is 0. The Morgan fingerprint density at radius 2 is 1.81 bits per heavy atom. The number of halogens is 2. The molecule has 4 nitrogen and oxygen atoms in total. The quantitative estimate of drug-likeness (QED) is 0.791. The number of benzene rings is 1. The van der Waals surface area contributed by atoms with Crippen LogP contribution in [0, 0.1) is 18.6 Å². The van der Waals surface area contributed by atoms with E-state index < -0.39 is 11.6 Å². The van der Waals surface area contributed by atoms with Crippen LogP contribution in [0.15, 0.2) is 18.2 Å². The Morgan fingerprint density at radius 3 is 2.48 bits per heavy atom. The Balaban J connectivity index is 1.46. The Kier molecular flexibility index (Phi) is 5.23. The smallest absolute Gasteiger partial charge is 0.265 e. The van der Waals surface area contributed by atoms with Crippen LogP contribution in [0.25, 0.3) is 10.6 Å². The van der Waals surface area contributed by atoms with Crippen LogP contribution in [0.2, 0.25) is 0 Å². The van der Waals surface area contributed by atoms with Gasteiger partial charge in [0.1, 0.15) is 9.88 Å². The lowest BCUT2D eigenvalue weighted by molar-refractivity contribution is 0.0577. The maximum Gasteiger partial charge on any atom is 0.265 e. The van der Waals surface area contributed by atoms with E-state index in [1.54, 1.807) is 6.92 Å². The standard InChI is InChI=1S/C20H23F2N3OS/c1-13-18(27-19(23-13)14-6-7-16(21)17(22)12-14)20(26)25-10-8-24(9-11-25)15-4-2-3-5-15/h6-7,12,15H,2-5,8-11H2,1H3. The summed E-state index contributed by atoms with van der Waals surface area (Å²) in [6.07, 6.45) is 5.19. The molecular weight excluding hydrogens is 368 g/mol. The number of amides is 1. The molecule has 0 spiro atoms. The molecule has 1 aromatic carbocycles. The van der Waals surface area contributed by atoms with E-state index in [0.717, 1.165) is 38.3 Å². The van der Waals surface area contributed by atoms with Gasteiger partial charge < -0.3 is 4.90 Å². The molecule has 2 heterocycles. The SMILES string of the molecule is Cc1nc(-c2ccc(F)c(F)c2)sc1C(=O)N1CCN(C2CCCC2)CC1. The Hall–Kier alpha value is -1.86. The van der Waals surface area contributed by atoms with Crippen molar-refractivity contribution in [3.8, 4) is 10.6 Å². The first-order valence-corrected chi connectivity index (χ1v) is 10.3. The molecule has 27 heavy (non-hydrogen) atoms. The molecule has 1 saturated carbocycles. The van der Waals surface area contributed by atoms with Crippen molar-refractivity contribution in [2.75, 3.05) is 26.2 Å². The summed E-state index contributed by atoms with van der Waals surface area (Å²) in [4.78, 5) is 22.4. The van der Waals surface area contributed by atoms with E-state index in [1.807, 2.05) is 4.90 Å². The van der Waals surface area contributed by atoms with E-state index >= 15 is 0 Å². The van der Waals surface area contributed by atoms with Gasteiger partial charge in [-0.1, -0.05) is 12.8 Å². The molecule has 4 rings (SSSR count). The fourth-order valence-electron chi connectivity index (χ4n) is 4.05. The van der Waals surface area contributed by atoms with E-state index in [4.69, 9.17) is 0 Å². The van der Waals surface area contributed by atoms with Crippen LogP contribution in [-0.2, 0) is 0 Å². The van der Waals surface area contributed by atoms with Crippen LogP contribution < -0.4 is 0 Å². The first-order chi connectivity index (χ1) is 13.0. The van der Waals surface area contributed by atoms with Gasteiger partial charge in [-0.25, -0.2) is 13.8 Å². The van der Waals surface area contributed by atoms with E-state index in [-0.39, 0.29) is 5.91 Å². The van der Waals surface area contributed by atoms with E-state index in [1.165, 1.54) is 43.1 Å². The second-order valence-corrected chi connectivity index (χ2v) is 8.33. The summed E-state index contributed by atoms with van der Waals surface area (Å²) in [5.41, 5.74) is 1.13. The predicted octanol–water partition coefficient (Wildman–Crippen LogP) is 4.10. The second kappa shape index (κ2) is 7.64. The number of hydrogen-bond acceptors (Lipinski definition) is 4. The zero-order chi connectivity index (χ0) is 19.0. The Bertz CT molecular complexity index is 840. The normalized spacial score (nSPS) is 19.0. The number of rotatable bonds is 3. The summed E-state index contributed by atoms with van der Waals surface area (Å²) in [5.74, 6) is -1.80. The Labute approximate surface area is 161 Å². The molecule has 2 fully saturated rings. The maximum atomic E-state index is 13.5. The van der Waals surface area contributed by atoms with Crippen molar-refractivity contribution in [1.29, 1.82) is 0 Å². The van der Waals surface area contributed by atoms with Gasteiger partial charge in [0.25, 0.3) is 5.91 Å². The van der Waals surface area contributed by atoms with Gasteiger partial charge >= 0.3 is 0 Å². The Morgan fingerprint density at radius 1 is 1.11 bits per heavy atom. The highest BCUT2D eigenvalue weighted by Gasteiger charge is 2.29. The lowest BCUT2D eigenvalue weighted by Gasteiger charge is -2.37. The predicted molar refractivity (Wildman–Crippen MR) is 102 cm³/mol. The highest BCUT2D eigenvalue weighted by molar-refractivity contribution is 7.17. The minimum Gasteiger partial charge on any atom is -0.335 e. The molecule has 144 valence electrons. The summed E-state index contributed by atoms with van der Waals surface area (Å²) in [6.45, 7) is 5.09. The van der Waals surface area contributed by atoms with Gasteiger partial charge in [-0.2, -0.15) is 0 Å². The number of piperazine rings is 1.